The molecule has 0 heterocycles. The van der Waals surface area contributed by atoms with E-state index < -0.39 is 11.9 Å². The largest absolute Gasteiger partial charge is 0.458 e. The van der Waals surface area contributed by atoms with Gasteiger partial charge in [0.15, 0.2) is 0 Å². The third-order valence-corrected chi connectivity index (χ3v) is 2.46. The normalized spacial score (nSPS) is 9.80. The molecule has 100 valence electrons. The van der Waals surface area contributed by atoms with Crippen LogP contribution in [0.1, 0.15) is 20.7 Å². The van der Waals surface area contributed by atoms with E-state index in [-0.39, 0.29) is 13.2 Å². The van der Waals surface area contributed by atoms with Crippen molar-refractivity contribution >= 4 is 11.9 Å². The van der Waals surface area contributed by atoms with Gasteiger partial charge in [0.2, 0.25) is 0 Å². The average molecular weight is 268 g/mol. The second-order valence-electron chi connectivity index (χ2n) is 3.85. The maximum absolute atomic E-state index is 11.6. The van der Waals surface area contributed by atoms with Crippen LogP contribution < -0.4 is 0 Å². The molecule has 0 N–H and O–H groups in total. The summed E-state index contributed by atoms with van der Waals surface area (Å²) in [7, 11) is 0. The van der Waals surface area contributed by atoms with Crippen LogP contribution in [0, 0.1) is 12.1 Å². The predicted octanol–water partition coefficient (Wildman–Crippen LogP) is 2.30. The van der Waals surface area contributed by atoms with Gasteiger partial charge >= 0.3 is 11.9 Å². The summed E-state index contributed by atoms with van der Waals surface area (Å²) in [5.74, 6) is -0.909. The summed E-state index contributed by atoms with van der Waals surface area (Å²) >= 11 is 0. The molecule has 0 saturated heterocycles. The van der Waals surface area contributed by atoms with Gasteiger partial charge in [-0.1, -0.05) is 24.3 Å². The predicted molar refractivity (Wildman–Crippen MR) is 71.1 cm³/mol. The molecule has 0 aromatic heterocycles. The van der Waals surface area contributed by atoms with Crippen LogP contribution in [0.5, 0.6) is 0 Å². The lowest BCUT2D eigenvalue weighted by atomic mass is 10.2. The Bertz CT molecular complexity index is 510. The summed E-state index contributed by atoms with van der Waals surface area (Å²) in [6.45, 7) is 0.0320. The van der Waals surface area contributed by atoms with Crippen molar-refractivity contribution in [1.29, 1.82) is 0 Å². The first-order valence-electron chi connectivity index (χ1n) is 6.04. The standard InChI is InChI=1S/C16H12O4/c17-15(13-7-3-1-4-8-13)19-11-12-20-16(18)14-9-5-2-6-10-14/h3-10H,11-12H2. The maximum atomic E-state index is 11.6. The van der Waals surface area contributed by atoms with E-state index in [0.717, 1.165) is 0 Å². The van der Waals surface area contributed by atoms with Crippen molar-refractivity contribution in [1.82, 2.24) is 0 Å². The van der Waals surface area contributed by atoms with Crippen molar-refractivity contribution in [3.8, 4) is 0 Å². The summed E-state index contributed by atoms with van der Waals surface area (Å²) in [5.41, 5.74) is 0.877. The van der Waals surface area contributed by atoms with Crippen molar-refractivity contribution in [3.05, 3.63) is 71.8 Å². The Labute approximate surface area is 116 Å². The highest BCUT2D eigenvalue weighted by molar-refractivity contribution is 5.90. The number of carbonyl (C=O) groups excluding carboxylic acids is 2. The molecule has 4 heteroatoms. The van der Waals surface area contributed by atoms with Gasteiger partial charge in [-0.3, -0.25) is 0 Å². The minimum atomic E-state index is -0.454. The Kier molecular flexibility index (Phi) is 4.89. The zero-order valence-corrected chi connectivity index (χ0v) is 10.7. The molecule has 0 amide bonds. The SMILES string of the molecule is O=C(OCCOC(=O)c1cc[c]cc1)c1cc[c]cc1. The van der Waals surface area contributed by atoms with Crippen LogP contribution in [-0.4, -0.2) is 25.2 Å². The van der Waals surface area contributed by atoms with Gasteiger partial charge in [0, 0.05) is 0 Å². The van der Waals surface area contributed by atoms with Crippen molar-refractivity contribution in [3.63, 3.8) is 0 Å². The van der Waals surface area contributed by atoms with Gasteiger partial charge in [-0.25, -0.2) is 9.59 Å². The molecule has 4 nitrogen and oxygen atoms in total. The van der Waals surface area contributed by atoms with E-state index in [2.05, 4.69) is 12.1 Å². The van der Waals surface area contributed by atoms with Crippen LogP contribution in [0.15, 0.2) is 48.5 Å². The van der Waals surface area contributed by atoms with Crippen molar-refractivity contribution in [2.45, 2.75) is 0 Å². The number of rotatable bonds is 5. The van der Waals surface area contributed by atoms with Gasteiger partial charge in [0.25, 0.3) is 0 Å². The van der Waals surface area contributed by atoms with Gasteiger partial charge in [-0.2, -0.15) is 0 Å². The van der Waals surface area contributed by atoms with Crippen LogP contribution in [-0.2, 0) is 9.47 Å². The minimum Gasteiger partial charge on any atom is -0.458 e. The molecule has 0 atom stereocenters. The van der Waals surface area contributed by atoms with Crippen molar-refractivity contribution < 1.29 is 19.1 Å². The van der Waals surface area contributed by atoms with Crippen molar-refractivity contribution in [2.24, 2.45) is 0 Å². The minimum absolute atomic E-state index is 0.0160. The van der Waals surface area contributed by atoms with E-state index in [1.807, 2.05) is 0 Å². The molecule has 2 radical (unpaired) electrons. The number of carbonyl (C=O) groups is 2. The summed E-state index contributed by atoms with van der Waals surface area (Å²) in [6.07, 6.45) is 0. The zero-order valence-electron chi connectivity index (χ0n) is 10.7. The Hall–Kier alpha value is -2.62. The van der Waals surface area contributed by atoms with Crippen LogP contribution in [0.3, 0.4) is 0 Å². The third-order valence-electron chi connectivity index (χ3n) is 2.46. The van der Waals surface area contributed by atoms with Gasteiger partial charge in [0.05, 0.1) is 11.1 Å². The van der Waals surface area contributed by atoms with Gasteiger partial charge in [-0.15, -0.1) is 0 Å². The van der Waals surface area contributed by atoms with Crippen LogP contribution in [0.25, 0.3) is 0 Å². The smallest absolute Gasteiger partial charge is 0.338 e. The monoisotopic (exact) mass is 268 g/mol. The Morgan fingerprint density at radius 2 is 1.10 bits per heavy atom. The Balaban J connectivity index is 1.72. The topological polar surface area (TPSA) is 52.6 Å². The lowest BCUT2D eigenvalue weighted by Crippen LogP contribution is -2.14. The fourth-order valence-electron chi connectivity index (χ4n) is 1.48. The molecule has 20 heavy (non-hydrogen) atoms. The quantitative estimate of drug-likeness (QED) is 0.616. The molecule has 0 spiro atoms. The van der Waals surface area contributed by atoms with E-state index in [0.29, 0.717) is 11.1 Å². The second-order valence-corrected chi connectivity index (χ2v) is 3.85. The molecule has 0 aliphatic rings. The molecule has 2 aromatic rings. The molecular formula is C16H12O4. The fraction of sp³-hybridized carbons (Fsp3) is 0.125. The van der Waals surface area contributed by atoms with Crippen molar-refractivity contribution in [2.75, 3.05) is 13.2 Å². The highest BCUT2D eigenvalue weighted by Gasteiger charge is 2.08. The van der Waals surface area contributed by atoms with Crippen LogP contribution in [0.4, 0.5) is 0 Å². The molecule has 0 saturated carbocycles. The highest BCUT2D eigenvalue weighted by Crippen LogP contribution is 2.02. The first kappa shape index (κ1) is 13.8. The summed E-state index contributed by atoms with van der Waals surface area (Å²) in [5, 5.41) is 0. The molecule has 0 unspecified atom stereocenters. The molecule has 0 aliphatic carbocycles. The van der Waals surface area contributed by atoms with E-state index in [9.17, 15) is 9.59 Å². The van der Waals surface area contributed by atoms with Crippen LogP contribution >= 0.6 is 0 Å². The van der Waals surface area contributed by atoms with E-state index >= 15 is 0 Å². The van der Waals surface area contributed by atoms with E-state index in [1.165, 1.54) is 0 Å². The number of esters is 2. The lowest BCUT2D eigenvalue weighted by Gasteiger charge is -2.06. The molecule has 0 bridgehead atoms. The summed E-state index contributed by atoms with van der Waals surface area (Å²) in [4.78, 5) is 23.2. The van der Waals surface area contributed by atoms with E-state index in [1.54, 1.807) is 48.5 Å². The average Bonchev–Trinajstić information content (AvgIpc) is 2.53. The van der Waals surface area contributed by atoms with Gasteiger partial charge in [0.1, 0.15) is 13.2 Å². The Morgan fingerprint density at radius 1 is 0.750 bits per heavy atom. The molecule has 0 fully saturated rings. The first-order valence-corrected chi connectivity index (χ1v) is 6.04. The lowest BCUT2D eigenvalue weighted by molar-refractivity contribution is 0.0265. The highest BCUT2D eigenvalue weighted by atomic mass is 16.6. The fourth-order valence-corrected chi connectivity index (χ4v) is 1.48. The maximum Gasteiger partial charge on any atom is 0.338 e. The van der Waals surface area contributed by atoms with Crippen LogP contribution in [0.2, 0.25) is 0 Å². The summed E-state index contributed by atoms with van der Waals surface area (Å²) in [6, 6.07) is 18.6. The number of ether oxygens (including phenoxy) is 2. The number of benzene rings is 2. The first-order chi connectivity index (χ1) is 9.77. The number of hydrogen-bond acceptors (Lipinski definition) is 4. The van der Waals surface area contributed by atoms with Gasteiger partial charge in [-0.05, 0) is 36.4 Å². The molecule has 0 aliphatic heterocycles. The number of hydrogen-bond donors (Lipinski definition) is 0. The van der Waals surface area contributed by atoms with Gasteiger partial charge < -0.3 is 9.47 Å². The zero-order chi connectivity index (χ0) is 14.2. The van der Waals surface area contributed by atoms with E-state index in [4.69, 9.17) is 9.47 Å². The second kappa shape index (κ2) is 7.09. The summed E-state index contributed by atoms with van der Waals surface area (Å²) < 4.78 is 9.96. The Morgan fingerprint density at radius 3 is 1.45 bits per heavy atom. The molecule has 2 aromatic carbocycles. The molecule has 2 rings (SSSR count). The molecular weight excluding hydrogens is 256 g/mol. The third kappa shape index (κ3) is 3.95.